The van der Waals surface area contributed by atoms with E-state index in [9.17, 15) is 67.4 Å². The van der Waals surface area contributed by atoms with Gasteiger partial charge in [0.1, 0.15) is 12.4 Å². The summed E-state index contributed by atoms with van der Waals surface area (Å²) in [7, 11) is 8.00. The van der Waals surface area contributed by atoms with E-state index in [-0.39, 0.29) is 194 Å². The molecule has 642 valence electrons. The fourth-order valence-electron chi connectivity index (χ4n) is 14.9. The normalized spacial score (nSPS) is 17.0. The number of nitrogens with zero attached hydrogens (tertiary/aromatic N) is 7. The standard InChI is InChI=1S/C77H116N10O17S.C6H12N2O.CH4/c1-13-51(8)72(64(101-12)45-69(96)86-34-18-22-60(86)59(46-88)52(9)61(89)43-56(74-80-33-40-105-74)41-53-19-15-14-16-20-53)84(10)75(98)58(48(2)3)44-63(91)71(50(6)7)85(11)77(100)104-47-54-23-25-57(26-24-54)82-73(97)55(21-17-31-81-76(78)99)42-62(90)70(49(4)5)83-66(93)30-36-102-38-39-103-37-32-79-65(92)29-35-87-67(94)27-28-68(87)95;1-7-2-4-8(6-9)5-3-7;/h14-16,19-20,23-26,33,40,48-52,55-56,58-60,64,70-72,88H,13,17-18,21-22,27-32,34-39,41-47H2,1-12H3,(H,79,92)(H,82,97)(H,83,93)(H3,78,81,99);6H,2-5H2,1H3;1H4/t51-,52+,55+,56+,58-,59+,60-,64+,70-,71-,72-;;/m0../s1/i;;1T. The lowest BCUT2D eigenvalue weighted by Gasteiger charge is -2.41. The molecule has 0 unspecified atom stereocenters. The van der Waals surface area contributed by atoms with Crippen molar-refractivity contribution in [2.24, 2.45) is 53.1 Å². The maximum Gasteiger partial charge on any atom is 0.410 e. The van der Waals surface area contributed by atoms with Gasteiger partial charge in [-0.1, -0.05) is 119 Å². The first-order chi connectivity index (χ1) is 55.3. The number of Topliss-reactive ketones (excluding diaryl/α,β-unsaturated/α-hetero) is 3. The maximum absolute atomic E-state index is 15.0. The van der Waals surface area contributed by atoms with Crippen LogP contribution in [0.15, 0.2) is 66.2 Å². The van der Waals surface area contributed by atoms with Gasteiger partial charge in [0.15, 0.2) is 11.6 Å². The molecule has 3 saturated heterocycles. The van der Waals surface area contributed by atoms with Crippen molar-refractivity contribution in [1.29, 1.82) is 0 Å². The van der Waals surface area contributed by atoms with E-state index < -0.39 is 77.9 Å². The molecular formula is C84H132N12O18S. The number of ether oxygens (including phenoxy) is 4. The Bertz CT molecular complexity index is 3540. The number of aromatic nitrogens is 1. The molecule has 0 aliphatic carbocycles. The number of methoxy groups -OCH3 is 1. The van der Waals surface area contributed by atoms with Gasteiger partial charge in [-0.25, -0.2) is 14.6 Å². The molecule has 30 nitrogen and oxygen atoms in total. The molecule has 0 bridgehead atoms. The van der Waals surface area contributed by atoms with Gasteiger partial charge in [-0.05, 0) is 86.1 Å². The van der Waals surface area contributed by atoms with Crippen LogP contribution in [0.4, 0.5) is 15.3 Å². The predicted molar refractivity (Wildman–Crippen MR) is 439 cm³/mol. The highest BCUT2D eigenvalue weighted by Crippen LogP contribution is 2.36. The Morgan fingerprint density at radius 1 is 0.757 bits per heavy atom. The van der Waals surface area contributed by atoms with Crippen molar-refractivity contribution in [2.45, 2.75) is 202 Å². The number of rotatable bonds is 49. The summed E-state index contributed by atoms with van der Waals surface area (Å²) >= 11 is 1.52. The van der Waals surface area contributed by atoms with Gasteiger partial charge >= 0.3 is 12.1 Å². The molecule has 3 aliphatic heterocycles. The van der Waals surface area contributed by atoms with Gasteiger partial charge in [0.25, 0.3) is 0 Å². The number of ketones is 3. The van der Waals surface area contributed by atoms with Crippen molar-refractivity contribution in [3.8, 4) is 0 Å². The predicted octanol–water partition coefficient (Wildman–Crippen LogP) is 7.68. The van der Waals surface area contributed by atoms with Crippen LogP contribution in [0.2, 0.25) is 0 Å². The third-order valence-corrected chi connectivity index (χ3v) is 22.9. The smallest absolute Gasteiger partial charge is 0.410 e. The number of urea groups is 1. The Labute approximate surface area is 685 Å². The van der Waals surface area contributed by atoms with E-state index in [2.05, 4.69) is 38.2 Å². The molecular weight excluding hydrogens is 1500 g/mol. The number of anilines is 1. The molecule has 115 heavy (non-hydrogen) atoms. The molecule has 0 spiro atoms. The zero-order valence-corrected chi connectivity index (χ0v) is 71.1. The summed E-state index contributed by atoms with van der Waals surface area (Å²) in [5.41, 5.74) is 7.29. The Morgan fingerprint density at radius 3 is 2.00 bits per heavy atom. The highest BCUT2D eigenvalue weighted by Gasteiger charge is 2.44. The second kappa shape index (κ2) is 51.5. The average Bonchev–Trinajstić information content (AvgIpc) is 1.42. The third-order valence-electron chi connectivity index (χ3n) is 21.9. The number of primary amides is 1. The van der Waals surface area contributed by atoms with Crippen LogP contribution in [0, 0.1) is 47.3 Å². The first kappa shape index (κ1) is 97.0. The molecule has 6 rings (SSSR count). The lowest BCUT2D eigenvalue weighted by atomic mass is 9.80. The number of nitrogens with two attached hydrogens (primary N) is 1. The first-order valence-corrected chi connectivity index (χ1v) is 41.2. The number of thiazole rings is 1. The van der Waals surface area contributed by atoms with Crippen LogP contribution in [0.1, 0.15) is 177 Å². The largest absolute Gasteiger partial charge is 0.445 e. The van der Waals surface area contributed by atoms with Crippen LogP contribution < -0.4 is 27.0 Å². The molecule has 11 amide bonds. The van der Waals surface area contributed by atoms with Gasteiger partial charge in [-0.15, -0.1) is 11.3 Å². The number of imide groups is 1. The minimum absolute atomic E-state index is 0.00281. The molecule has 0 radical (unpaired) electrons. The van der Waals surface area contributed by atoms with E-state index in [0.29, 0.717) is 49.9 Å². The van der Waals surface area contributed by atoms with Crippen molar-refractivity contribution in [3.63, 3.8) is 0 Å². The number of likely N-dealkylation sites (tertiary alicyclic amines) is 2. The monoisotopic (exact) mass is 1630 g/mol. The summed E-state index contributed by atoms with van der Waals surface area (Å²) in [4.78, 5) is 185. The minimum Gasteiger partial charge on any atom is -0.445 e. The second-order valence-electron chi connectivity index (χ2n) is 31.3. The van der Waals surface area contributed by atoms with Crippen LogP contribution in [0.3, 0.4) is 0 Å². The van der Waals surface area contributed by atoms with Crippen molar-refractivity contribution in [2.75, 3.05) is 119 Å². The summed E-state index contributed by atoms with van der Waals surface area (Å²) in [5.74, 6) is -7.17. The number of piperazine rings is 1. The highest BCUT2D eigenvalue weighted by atomic mass is 32.1. The zero-order chi connectivity index (χ0) is 86.1. The van der Waals surface area contributed by atoms with Gasteiger partial charge in [0.2, 0.25) is 47.8 Å². The van der Waals surface area contributed by atoms with Crippen molar-refractivity contribution < 1.29 is 87.8 Å². The maximum atomic E-state index is 15.0. The Morgan fingerprint density at radius 2 is 1.42 bits per heavy atom. The Hall–Kier alpha value is -8.62. The molecule has 4 heterocycles. The highest BCUT2D eigenvalue weighted by molar-refractivity contribution is 7.09. The van der Waals surface area contributed by atoms with Crippen LogP contribution in [0.5, 0.6) is 0 Å². The molecule has 0 saturated carbocycles. The molecule has 3 aliphatic rings. The number of hydrogen-bond acceptors (Lipinski definition) is 21. The summed E-state index contributed by atoms with van der Waals surface area (Å²) in [6.45, 7) is 21.4. The minimum atomic E-state index is -0.979. The number of carbonyl (C=O) groups excluding carboxylic acids is 13. The SMILES string of the molecule is CC[C@H](C)[C@@H]([C@@H](CC(=O)N1CCC[C@H]1[C@H](CO)[C@@H](C)C(=O)C[C@@H](Cc1ccccc1)c1nccs1)OC)N(C)C(=O)[C@@H](CC(=O)[C@H](C(C)C)N(C)C(=O)OCc1ccc(NC(=O)[C@H](CCCNC(N)=O)CC(=O)[C@@H](NC(=O)CCOCCOCCNC(=O)CCN2C(=O)CCC2=O)C(C)C)cc1)C(C)C.CN1CCN(C=O)CC1.[3H]C. The second-order valence-corrected chi connectivity index (χ2v) is 32.2. The Kier molecular flexibility index (Phi) is 43.4. The van der Waals surface area contributed by atoms with Gasteiger partial charge < -0.3 is 75.6 Å². The molecule has 3 aromatic rings. The summed E-state index contributed by atoms with van der Waals surface area (Å²) < 4.78 is 28.7. The average molecular weight is 1630 g/mol. The van der Waals surface area contributed by atoms with E-state index >= 15 is 0 Å². The molecule has 7 N–H and O–H groups in total. The quantitative estimate of drug-likeness (QED) is 0.0179. The molecule has 1 aromatic heterocycles. The van der Waals surface area contributed by atoms with Gasteiger partial charge in [0, 0.05) is 179 Å². The lowest BCUT2D eigenvalue weighted by molar-refractivity contribution is -0.148. The van der Waals surface area contributed by atoms with Crippen molar-refractivity contribution >= 4 is 94.3 Å². The summed E-state index contributed by atoms with van der Waals surface area (Å²) in [6.07, 6.45) is 4.18. The number of amides is 11. The number of likely N-dealkylation sites (N-methyl/N-ethyl adjacent to an activating group) is 3. The lowest BCUT2D eigenvalue weighted by Crippen LogP contribution is -2.54. The van der Waals surface area contributed by atoms with Crippen LogP contribution in [-0.4, -0.2) is 261 Å². The molecule has 3 fully saturated rings. The summed E-state index contributed by atoms with van der Waals surface area (Å²) in [5, 5.41) is 24.6. The van der Waals surface area contributed by atoms with E-state index in [1.807, 2.05) is 84.2 Å². The Balaban J connectivity index is 0.00000238. The number of benzene rings is 2. The van der Waals surface area contributed by atoms with Crippen molar-refractivity contribution in [3.05, 3.63) is 82.3 Å². The number of aliphatic hydroxyl groups is 1. The first-order valence-electron chi connectivity index (χ1n) is 41.3. The summed E-state index contributed by atoms with van der Waals surface area (Å²) in [6, 6.07) is 12.8. The number of nitrogens with one attached hydrogen (secondary N) is 4. The van der Waals surface area contributed by atoms with Crippen LogP contribution in [0.25, 0.3) is 0 Å². The van der Waals surface area contributed by atoms with Gasteiger partial charge in [-0.2, -0.15) is 0 Å². The number of aliphatic hydroxyl groups excluding tert-OH is 1. The van der Waals surface area contributed by atoms with E-state index in [0.717, 1.165) is 48.1 Å². The molecule has 2 aromatic carbocycles. The van der Waals surface area contributed by atoms with E-state index in [1.165, 1.54) is 37.8 Å². The number of carbonyl (C=O) groups is 13. The van der Waals surface area contributed by atoms with Crippen molar-refractivity contribution in [1.82, 2.24) is 50.3 Å². The fraction of sp³-hybridized carbons (Fsp3) is 0.667. The van der Waals surface area contributed by atoms with Gasteiger partial charge in [-0.3, -0.25) is 57.6 Å². The van der Waals surface area contributed by atoms with Crippen LogP contribution >= 0.6 is 11.3 Å². The zero-order valence-electron chi connectivity index (χ0n) is 71.3. The van der Waals surface area contributed by atoms with Crippen LogP contribution in [-0.2, 0) is 84.7 Å². The van der Waals surface area contributed by atoms with E-state index in [4.69, 9.17) is 26.1 Å². The molecule has 11 atom stereocenters. The van der Waals surface area contributed by atoms with E-state index in [1.54, 1.807) is 66.1 Å². The topological polar surface area (TPSA) is 386 Å². The molecule has 31 heteroatoms. The fourth-order valence-corrected chi connectivity index (χ4v) is 15.7. The van der Waals surface area contributed by atoms with Gasteiger partial charge in [0.05, 0.1) is 62.1 Å². The number of hydrogen-bond donors (Lipinski definition) is 6. The third kappa shape index (κ3) is 32.4.